The lowest BCUT2D eigenvalue weighted by Gasteiger charge is -2.16. The van der Waals surface area contributed by atoms with E-state index >= 15 is 0 Å². The van der Waals surface area contributed by atoms with Gasteiger partial charge in [0.05, 0.1) is 33.4 Å². The largest absolute Gasteiger partial charge is 0.495 e. The van der Waals surface area contributed by atoms with Gasteiger partial charge < -0.3 is 24.3 Å². The topological polar surface area (TPSA) is 83.1 Å². The number of ether oxygens (including phenoxy) is 4. The Bertz CT molecular complexity index is 855. The van der Waals surface area contributed by atoms with Gasteiger partial charge in [0.2, 0.25) is 0 Å². The van der Waals surface area contributed by atoms with Gasteiger partial charge in [0.25, 0.3) is 5.91 Å². The zero-order valence-corrected chi connectivity index (χ0v) is 16.8. The molecule has 0 saturated carbocycles. The zero-order valence-electron chi connectivity index (χ0n) is 16.1. The van der Waals surface area contributed by atoms with Gasteiger partial charge in [-0.1, -0.05) is 17.7 Å². The van der Waals surface area contributed by atoms with Crippen LogP contribution in [0.25, 0.3) is 0 Å². The minimum Gasteiger partial charge on any atom is -0.495 e. The van der Waals surface area contributed by atoms with E-state index < -0.39 is 18.0 Å². The van der Waals surface area contributed by atoms with E-state index in [0.29, 0.717) is 33.5 Å². The molecule has 0 bridgehead atoms. The molecule has 2 rings (SSSR count). The zero-order chi connectivity index (χ0) is 20.7. The van der Waals surface area contributed by atoms with Crippen molar-refractivity contribution in [2.45, 2.75) is 19.4 Å². The highest BCUT2D eigenvalue weighted by Gasteiger charge is 2.20. The Balaban J connectivity index is 1.98. The van der Waals surface area contributed by atoms with E-state index in [9.17, 15) is 9.59 Å². The molecular formula is C20H22ClNO6. The fourth-order valence-electron chi connectivity index (χ4n) is 2.46. The smallest absolute Gasteiger partial charge is 0.311 e. The first-order chi connectivity index (χ1) is 13.4. The summed E-state index contributed by atoms with van der Waals surface area (Å²) in [6.45, 7) is 1.48. The van der Waals surface area contributed by atoms with Gasteiger partial charge in [-0.25, -0.2) is 0 Å². The Morgan fingerprint density at radius 1 is 0.964 bits per heavy atom. The summed E-state index contributed by atoms with van der Waals surface area (Å²) >= 11 is 5.95. The molecule has 2 aromatic carbocycles. The van der Waals surface area contributed by atoms with Crippen LogP contribution in [-0.4, -0.2) is 39.3 Å². The molecule has 28 heavy (non-hydrogen) atoms. The number of rotatable bonds is 8. The van der Waals surface area contributed by atoms with Gasteiger partial charge in [0.15, 0.2) is 17.6 Å². The van der Waals surface area contributed by atoms with Crippen molar-refractivity contribution >= 4 is 29.2 Å². The lowest BCUT2D eigenvalue weighted by molar-refractivity contribution is -0.152. The summed E-state index contributed by atoms with van der Waals surface area (Å²) in [6, 6.07) is 9.93. The standard InChI is InChI=1S/C20H22ClNO6/c1-12(20(24)22-15-11-14(21)6-8-16(15)25-2)28-19(23)10-13-5-7-17(26-3)18(9-13)27-4/h5-9,11-12H,10H2,1-4H3,(H,22,24)/t12-/m1/s1. The van der Waals surface area contributed by atoms with Gasteiger partial charge in [0.1, 0.15) is 5.75 Å². The lowest BCUT2D eigenvalue weighted by Crippen LogP contribution is -2.30. The minimum atomic E-state index is -1.00. The Morgan fingerprint density at radius 2 is 1.61 bits per heavy atom. The summed E-state index contributed by atoms with van der Waals surface area (Å²) in [5.41, 5.74) is 1.06. The molecule has 0 heterocycles. The summed E-state index contributed by atoms with van der Waals surface area (Å²) in [4.78, 5) is 24.5. The number of carbonyl (C=O) groups is 2. The van der Waals surface area contributed by atoms with Crippen molar-refractivity contribution in [3.8, 4) is 17.2 Å². The molecule has 0 aromatic heterocycles. The Labute approximate surface area is 168 Å². The molecule has 0 unspecified atom stereocenters. The molecule has 7 nitrogen and oxygen atoms in total. The molecule has 2 aromatic rings. The fourth-order valence-corrected chi connectivity index (χ4v) is 2.63. The van der Waals surface area contributed by atoms with Gasteiger partial charge in [-0.05, 0) is 42.8 Å². The molecule has 0 aliphatic rings. The number of nitrogens with one attached hydrogen (secondary N) is 1. The molecule has 0 fully saturated rings. The summed E-state index contributed by atoms with van der Waals surface area (Å²) in [5, 5.41) is 3.08. The van der Waals surface area contributed by atoms with Crippen molar-refractivity contribution in [3.63, 3.8) is 0 Å². The van der Waals surface area contributed by atoms with Crippen LogP contribution in [0.2, 0.25) is 5.02 Å². The van der Waals surface area contributed by atoms with Gasteiger partial charge >= 0.3 is 5.97 Å². The van der Waals surface area contributed by atoms with Gasteiger partial charge in [-0.3, -0.25) is 9.59 Å². The number of esters is 1. The fraction of sp³-hybridized carbons (Fsp3) is 0.300. The van der Waals surface area contributed by atoms with E-state index in [1.165, 1.54) is 28.3 Å². The van der Waals surface area contributed by atoms with Gasteiger partial charge in [0, 0.05) is 5.02 Å². The third-order valence-corrected chi connectivity index (χ3v) is 4.13. The highest BCUT2D eigenvalue weighted by atomic mass is 35.5. The maximum Gasteiger partial charge on any atom is 0.311 e. The van der Waals surface area contributed by atoms with Crippen LogP contribution < -0.4 is 19.5 Å². The predicted molar refractivity (Wildman–Crippen MR) is 105 cm³/mol. The van der Waals surface area contributed by atoms with E-state index in [1.807, 2.05) is 0 Å². The molecule has 0 radical (unpaired) electrons. The van der Waals surface area contributed by atoms with Crippen LogP contribution in [0.5, 0.6) is 17.2 Å². The molecule has 0 aliphatic carbocycles. The minimum absolute atomic E-state index is 0.0154. The SMILES string of the molecule is COc1ccc(Cl)cc1NC(=O)[C@@H](C)OC(=O)Cc1ccc(OC)c(OC)c1. The Morgan fingerprint density at radius 3 is 2.25 bits per heavy atom. The quantitative estimate of drug-likeness (QED) is 0.674. The number of hydrogen-bond donors (Lipinski definition) is 1. The van der Waals surface area contributed by atoms with Gasteiger partial charge in [-0.2, -0.15) is 0 Å². The lowest BCUT2D eigenvalue weighted by atomic mass is 10.1. The van der Waals surface area contributed by atoms with E-state index in [1.54, 1.807) is 36.4 Å². The summed E-state index contributed by atoms with van der Waals surface area (Å²) < 4.78 is 20.8. The number of methoxy groups -OCH3 is 3. The first kappa shape index (κ1) is 21.4. The van der Waals surface area contributed by atoms with Crippen LogP contribution in [-0.2, 0) is 20.7 Å². The van der Waals surface area contributed by atoms with Crippen LogP contribution in [0.4, 0.5) is 5.69 Å². The summed E-state index contributed by atoms with van der Waals surface area (Å²) in [7, 11) is 4.52. The first-order valence-electron chi connectivity index (χ1n) is 8.42. The van der Waals surface area contributed by atoms with Crippen LogP contribution >= 0.6 is 11.6 Å². The van der Waals surface area contributed by atoms with E-state index in [2.05, 4.69) is 5.32 Å². The van der Waals surface area contributed by atoms with Crippen LogP contribution in [0.3, 0.4) is 0 Å². The number of amides is 1. The number of carbonyl (C=O) groups excluding carboxylic acids is 2. The maximum atomic E-state index is 12.3. The van der Waals surface area contributed by atoms with Crippen molar-refractivity contribution < 1.29 is 28.5 Å². The third kappa shape index (κ3) is 5.53. The van der Waals surface area contributed by atoms with Crippen molar-refractivity contribution in [1.29, 1.82) is 0 Å². The van der Waals surface area contributed by atoms with Crippen LogP contribution in [0.1, 0.15) is 12.5 Å². The van der Waals surface area contributed by atoms with Crippen molar-refractivity contribution in [2.75, 3.05) is 26.6 Å². The Hall–Kier alpha value is -2.93. The van der Waals surface area contributed by atoms with Crippen LogP contribution in [0, 0.1) is 0 Å². The summed E-state index contributed by atoms with van der Waals surface area (Å²) in [6.07, 6.45) is -1.02. The molecule has 150 valence electrons. The van der Waals surface area contributed by atoms with Gasteiger partial charge in [-0.15, -0.1) is 0 Å². The van der Waals surface area contributed by atoms with Crippen molar-refractivity contribution in [1.82, 2.24) is 0 Å². The Kier molecular flexibility index (Phi) is 7.52. The highest BCUT2D eigenvalue weighted by molar-refractivity contribution is 6.31. The number of anilines is 1. The van der Waals surface area contributed by atoms with Crippen molar-refractivity contribution in [3.05, 3.63) is 47.0 Å². The number of hydrogen-bond acceptors (Lipinski definition) is 6. The molecule has 1 amide bonds. The highest BCUT2D eigenvalue weighted by Crippen LogP contribution is 2.29. The molecule has 1 N–H and O–H groups in total. The van der Waals surface area contributed by atoms with Crippen molar-refractivity contribution in [2.24, 2.45) is 0 Å². The number of halogens is 1. The monoisotopic (exact) mass is 407 g/mol. The molecule has 0 saturated heterocycles. The van der Waals surface area contributed by atoms with E-state index in [-0.39, 0.29) is 6.42 Å². The molecule has 8 heteroatoms. The van der Waals surface area contributed by atoms with E-state index in [0.717, 1.165) is 0 Å². The molecule has 0 spiro atoms. The predicted octanol–water partition coefficient (Wildman–Crippen LogP) is 3.48. The molecule has 0 aliphatic heterocycles. The summed E-state index contributed by atoms with van der Waals surface area (Å²) in [5.74, 6) is 0.463. The third-order valence-electron chi connectivity index (χ3n) is 3.89. The number of benzene rings is 2. The molecular weight excluding hydrogens is 386 g/mol. The first-order valence-corrected chi connectivity index (χ1v) is 8.80. The maximum absolute atomic E-state index is 12.3. The average Bonchev–Trinajstić information content (AvgIpc) is 2.67. The normalized spacial score (nSPS) is 11.3. The van der Waals surface area contributed by atoms with Crippen LogP contribution in [0.15, 0.2) is 36.4 Å². The van der Waals surface area contributed by atoms with E-state index in [4.69, 9.17) is 30.5 Å². The second kappa shape index (κ2) is 9.85. The second-order valence-corrected chi connectivity index (χ2v) is 6.27. The average molecular weight is 408 g/mol. The second-order valence-electron chi connectivity index (χ2n) is 5.83. The molecule has 1 atom stereocenters.